The molecule has 0 aliphatic carbocycles. The Morgan fingerprint density at radius 1 is 1.39 bits per heavy atom. The molecule has 2 aromatic heterocycles. The first-order valence-electron chi connectivity index (χ1n) is 8.35. The number of rotatable bonds is 5. The van der Waals surface area contributed by atoms with E-state index in [1.54, 1.807) is 0 Å². The molecule has 6 heteroatoms. The van der Waals surface area contributed by atoms with Crippen molar-refractivity contribution in [2.24, 2.45) is 13.0 Å². The third kappa shape index (κ3) is 3.93. The maximum atomic E-state index is 4.67. The Hall–Kier alpha value is -1.40. The number of piperidine rings is 1. The molecule has 3 rings (SSSR count). The monoisotopic (exact) mass is 333 g/mol. The van der Waals surface area contributed by atoms with Crippen LogP contribution in [0.1, 0.15) is 29.2 Å². The second kappa shape index (κ2) is 7.01. The van der Waals surface area contributed by atoms with E-state index < -0.39 is 0 Å². The Bertz CT molecular complexity index is 645. The van der Waals surface area contributed by atoms with E-state index in [1.807, 2.05) is 23.7 Å². The fraction of sp³-hybridized carbons (Fsp3) is 0.647. The van der Waals surface area contributed by atoms with Crippen LogP contribution in [0.15, 0.2) is 12.4 Å². The number of likely N-dealkylation sites (tertiary alicyclic amines) is 1. The van der Waals surface area contributed by atoms with Crippen molar-refractivity contribution < 1.29 is 0 Å². The molecule has 126 valence electrons. The molecule has 0 saturated carbocycles. The zero-order valence-electron chi connectivity index (χ0n) is 14.6. The quantitative estimate of drug-likeness (QED) is 0.843. The predicted molar refractivity (Wildman–Crippen MR) is 96.1 cm³/mol. The number of thiazole rings is 1. The molecule has 3 heterocycles. The molecule has 0 unspecified atom stereocenters. The van der Waals surface area contributed by atoms with E-state index in [9.17, 15) is 0 Å². The highest BCUT2D eigenvalue weighted by Crippen LogP contribution is 2.28. The molecule has 1 saturated heterocycles. The van der Waals surface area contributed by atoms with E-state index in [1.165, 1.54) is 42.3 Å². The van der Waals surface area contributed by atoms with Crippen LogP contribution in [0.25, 0.3) is 0 Å². The molecule has 1 aliphatic heterocycles. The molecule has 2 aromatic rings. The number of hydrogen-bond donors (Lipinski definition) is 0. The Morgan fingerprint density at radius 2 is 2.22 bits per heavy atom. The summed E-state index contributed by atoms with van der Waals surface area (Å²) < 4.78 is 2.15. The molecule has 1 fully saturated rings. The minimum Gasteiger partial charge on any atom is -0.354 e. The van der Waals surface area contributed by atoms with Crippen LogP contribution in [0, 0.1) is 12.8 Å². The lowest BCUT2D eigenvalue weighted by Gasteiger charge is -2.32. The SMILES string of the molecule is Cc1nc(N(C)C)sc1CN1CCC[C@@H](Cc2nccn2C)C1. The van der Waals surface area contributed by atoms with Gasteiger partial charge in [0, 0.05) is 57.9 Å². The van der Waals surface area contributed by atoms with E-state index in [0.29, 0.717) is 5.92 Å². The first-order valence-corrected chi connectivity index (χ1v) is 9.16. The standard InChI is InChI=1S/C17H27N5S/c1-13-15(23-17(19-13)20(2)3)12-22-8-5-6-14(11-22)10-16-18-7-9-21(16)4/h7,9,14H,5-6,8,10-12H2,1-4H3/t14-/m0/s1. The van der Waals surface area contributed by atoms with Gasteiger partial charge in [-0.2, -0.15) is 0 Å². The Labute approximate surface area is 143 Å². The van der Waals surface area contributed by atoms with Crippen LogP contribution in [0.4, 0.5) is 5.13 Å². The van der Waals surface area contributed by atoms with Crippen molar-refractivity contribution in [1.82, 2.24) is 19.4 Å². The van der Waals surface area contributed by atoms with Gasteiger partial charge in [0.25, 0.3) is 0 Å². The lowest BCUT2D eigenvalue weighted by molar-refractivity contribution is 0.166. The molecule has 0 aromatic carbocycles. The highest BCUT2D eigenvalue weighted by molar-refractivity contribution is 7.15. The topological polar surface area (TPSA) is 37.2 Å². The fourth-order valence-corrected chi connectivity index (χ4v) is 4.29. The third-order valence-corrected chi connectivity index (χ3v) is 5.94. The van der Waals surface area contributed by atoms with Crippen molar-refractivity contribution >= 4 is 16.5 Å². The molecule has 0 spiro atoms. The maximum absolute atomic E-state index is 4.67. The normalized spacial score (nSPS) is 19.2. The molecule has 1 aliphatic rings. The molecule has 23 heavy (non-hydrogen) atoms. The van der Waals surface area contributed by atoms with Crippen LogP contribution in [0.3, 0.4) is 0 Å². The molecular weight excluding hydrogens is 306 g/mol. The number of hydrogen-bond acceptors (Lipinski definition) is 5. The van der Waals surface area contributed by atoms with E-state index in [-0.39, 0.29) is 0 Å². The average molecular weight is 334 g/mol. The Kier molecular flexibility index (Phi) is 5.02. The van der Waals surface area contributed by atoms with Crippen molar-refractivity contribution in [3.05, 3.63) is 28.8 Å². The van der Waals surface area contributed by atoms with Gasteiger partial charge in [0.05, 0.1) is 5.69 Å². The van der Waals surface area contributed by atoms with Crippen molar-refractivity contribution in [3.63, 3.8) is 0 Å². The highest BCUT2D eigenvalue weighted by Gasteiger charge is 2.23. The van der Waals surface area contributed by atoms with Gasteiger partial charge in [-0.1, -0.05) is 0 Å². The minimum absolute atomic E-state index is 0.714. The number of nitrogens with zero attached hydrogens (tertiary/aromatic N) is 5. The van der Waals surface area contributed by atoms with Gasteiger partial charge >= 0.3 is 0 Å². The summed E-state index contributed by atoms with van der Waals surface area (Å²) >= 11 is 1.83. The fourth-order valence-electron chi connectivity index (χ4n) is 3.27. The van der Waals surface area contributed by atoms with Crippen LogP contribution >= 0.6 is 11.3 Å². The molecule has 0 amide bonds. The van der Waals surface area contributed by atoms with Crippen molar-refractivity contribution in [1.29, 1.82) is 0 Å². The summed E-state index contributed by atoms with van der Waals surface area (Å²) in [6.45, 7) is 5.54. The molecule has 5 nitrogen and oxygen atoms in total. The Balaban J connectivity index is 1.61. The van der Waals surface area contributed by atoms with E-state index in [2.05, 4.69) is 52.4 Å². The Morgan fingerprint density at radius 3 is 2.87 bits per heavy atom. The summed E-state index contributed by atoms with van der Waals surface area (Å²) in [5.74, 6) is 1.92. The van der Waals surface area contributed by atoms with Gasteiger partial charge in [-0.15, -0.1) is 11.3 Å². The summed E-state index contributed by atoms with van der Waals surface area (Å²) in [5.41, 5.74) is 1.19. The van der Waals surface area contributed by atoms with Crippen LogP contribution in [-0.2, 0) is 20.0 Å². The van der Waals surface area contributed by atoms with Crippen molar-refractivity contribution in [2.75, 3.05) is 32.1 Å². The van der Waals surface area contributed by atoms with Crippen molar-refractivity contribution in [2.45, 2.75) is 32.7 Å². The first-order chi connectivity index (χ1) is 11.0. The third-order valence-electron chi connectivity index (χ3n) is 4.63. The van der Waals surface area contributed by atoms with Gasteiger partial charge in [-0.3, -0.25) is 4.90 Å². The first kappa shape index (κ1) is 16.5. The minimum atomic E-state index is 0.714. The molecule has 1 atom stereocenters. The number of anilines is 1. The zero-order chi connectivity index (χ0) is 16.4. The zero-order valence-corrected chi connectivity index (χ0v) is 15.4. The predicted octanol–water partition coefficient (Wildman–Crippen LogP) is 2.71. The van der Waals surface area contributed by atoms with Gasteiger partial charge in [0.15, 0.2) is 5.13 Å². The van der Waals surface area contributed by atoms with Crippen LogP contribution in [-0.4, -0.2) is 46.6 Å². The van der Waals surface area contributed by atoms with E-state index >= 15 is 0 Å². The molecular formula is C17H27N5S. The lowest BCUT2D eigenvalue weighted by Crippen LogP contribution is -2.36. The summed E-state index contributed by atoms with van der Waals surface area (Å²) in [4.78, 5) is 15.3. The number of imidazole rings is 1. The summed E-state index contributed by atoms with van der Waals surface area (Å²) in [7, 11) is 6.21. The molecule has 0 bridgehead atoms. The van der Waals surface area contributed by atoms with E-state index in [0.717, 1.165) is 18.1 Å². The van der Waals surface area contributed by atoms with Gasteiger partial charge in [-0.05, 0) is 32.2 Å². The van der Waals surface area contributed by atoms with Crippen LogP contribution in [0.2, 0.25) is 0 Å². The average Bonchev–Trinajstić information content (AvgIpc) is 3.07. The molecule has 0 N–H and O–H groups in total. The maximum Gasteiger partial charge on any atom is 0.185 e. The summed E-state index contributed by atoms with van der Waals surface area (Å²) in [6, 6.07) is 0. The lowest BCUT2D eigenvalue weighted by atomic mass is 9.94. The molecule has 0 radical (unpaired) electrons. The number of aromatic nitrogens is 3. The summed E-state index contributed by atoms with van der Waals surface area (Å²) in [5, 5.41) is 1.11. The second-order valence-electron chi connectivity index (χ2n) is 6.80. The van der Waals surface area contributed by atoms with Gasteiger partial charge in [0.1, 0.15) is 5.82 Å². The van der Waals surface area contributed by atoms with Crippen LogP contribution in [0.5, 0.6) is 0 Å². The van der Waals surface area contributed by atoms with E-state index in [4.69, 9.17) is 0 Å². The smallest absolute Gasteiger partial charge is 0.185 e. The van der Waals surface area contributed by atoms with Crippen LogP contribution < -0.4 is 4.90 Å². The second-order valence-corrected chi connectivity index (χ2v) is 7.86. The summed E-state index contributed by atoms with van der Waals surface area (Å²) in [6.07, 6.45) is 7.63. The number of aryl methyl sites for hydroxylation is 2. The highest BCUT2D eigenvalue weighted by atomic mass is 32.1. The van der Waals surface area contributed by atoms with Gasteiger partial charge in [0.2, 0.25) is 0 Å². The van der Waals surface area contributed by atoms with Gasteiger partial charge in [-0.25, -0.2) is 9.97 Å². The van der Waals surface area contributed by atoms with Gasteiger partial charge < -0.3 is 9.47 Å². The van der Waals surface area contributed by atoms with Crippen molar-refractivity contribution in [3.8, 4) is 0 Å². The largest absolute Gasteiger partial charge is 0.354 e.